The second kappa shape index (κ2) is 9.23. The lowest BCUT2D eigenvalue weighted by atomic mass is 10.2. The number of aryl methyl sites for hydroxylation is 1. The van der Waals surface area contributed by atoms with E-state index in [1.807, 2.05) is 24.3 Å². The van der Waals surface area contributed by atoms with Crippen molar-refractivity contribution in [3.8, 4) is 5.75 Å². The molecule has 0 saturated carbocycles. The Balaban J connectivity index is 1.62. The van der Waals surface area contributed by atoms with Crippen molar-refractivity contribution in [1.29, 1.82) is 0 Å². The number of benzene rings is 2. The molecule has 1 N–H and O–H groups in total. The van der Waals surface area contributed by atoms with Gasteiger partial charge in [-0.05, 0) is 90.4 Å². The van der Waals surface area contributed by atoms with Crippen molar-refractivity contribution in [2.24, 2.45) is 0 Å². The number of rotatable bonds is 6. The van der Waals surface area contributed by atoms with Crippen LogP contribution in [0.1, 0.15) is 24.8 Å². The highest BCUT2D eigenvalue weighted by atomic mass is 127. The van der Waals surface area contributed by atoms with Gasteiger partial charge in [-0.3, -0.25) is 4.79 Å². The number of piperidine rings is 1. The van der Waals surface area contributed by atoms with Gasteiger partial charge in [0.1, 0.15) is 5.75 Å². The smallest absolute Gasteiger partial charge is 0.262 e. The fourth-order valence-electron chi connectivity index (χ4n) is 3.07. The lowest BCUT2D eigenvalue weighted by Gasteiger charge is -2.26. The molecule has 150 valence electrons. The molecule has 0 aromatic heterocycles. The van der Waals surface area contributed by atoms with Crippen LogP contribution in [0.15, 0.2) is 47.4 Å². The van der Waals surface area contributed by atoms with Crippen molar-refractivity contribution in [2.75, 3.05) is 25.0 Å². The summed E-state index contributed by atoms with van der Waals surface area (Å²) in [5.41, 5.74) is 1.38. The van der Waals surface area contributed by atoms with Crippen LogP contribution in [0.5, 0.6) is 5.75 Å². The summed E-state index contributed by atoms with van der Waals surface area (Å²) in [7, 11) is -3.48. The van der Waals surface area contributed by atoms with E-state index in [-0.39, 0.29) is 17.4 Å². The van der Waals surface area contributed by atoms with E-state index in [1.54, 1.807) is 29.4 Å². The monoisotopic (exact) mass is 514 g/mol. The minimum atomic E-state index is -3.48. The van der Waals surface area contributed by atoms with Gasteiger partial charge in [-0.2, -0.15) is 4.31 Å². The first kappa shape index (κ1) is 21.1. The van der Waals surface area contributed by atoms with Crippen LogP contribution >= 0.6 is 22.6 Å². The van der Waals surface area contributed by atoms with Gasteiger partial charge >= 0.3 is 0 Å². The Kier molecular flexibility index (Phi) is 6.95. The number of nitrogens with one attached hydrogen (secondary N) is 1. The highest BCUT2D eigenvalue weighted by Crippen LogP contribution is 2.26. The van der Waals surface area contributed by atoms with E-state index in [9.17, 15) is 13.2 Å². The van der Waals surface area contributed by atoms with E-state index >= 15 is 0 Å². The quantitative estimate of drug-likeness (QED) is 0.596. The fourth-order valence-corrected chi connectivity index (χ4v) is 5.03. The van der Waals surface area contributed by atoms with E-state index < -0.39 is 10.0 Å². The maximum atomic E-state index is 12.8. The third-order valence-electron chi connectivity index (χ3n) is 4.59. The van der Waals surface area contributed by atoms with Gasteiger partial charge in [0, 0.05) is 22.3 Å². The summed E-state index contributed by atoms with van der Waals surface area (Å²) >= 11 is 2.20. The van der Waals surface area contributed by atoms with Crippen molar-refractivity contribution in [2.45, 2.75) is 31.1 Å². The van der Waals surface area contributed by atoms with Crippen LogP contribution < -0.4 is 10.1 Å². The van der Waals surface area contributed by atoms with Crippen LogP contribution in [0.25, 0.3) is 0 Å². The summed E-state index contributed by atoms with van der Waals surface area (Å²) in [4.78, 5) is 12.3. The van der Waals surface area contributed by atoms with E-state index in [2.05, 4.69) is 27.9 Å². The van der Waals surface area contributed by atoms with E-state index in [1.165, 1.54) is 0 Å². The van der Waals surface area contributed by atoms with Gasteiger partial charge < -0.3 is 10.1 Å². The molecular weight excluding hydrogens is 491 g/mol. The second-order valence-corrected chi connectivity index (χ2v) is 9.92. The van der Waals surface area contributed by atoms with Crippen molar-refractivity contribution in [3.63, 3.8) is 0 Å². The standard InChI is InChI=1S/C20H23IN2O4S/c1-15-13-18(28(25,26)23-11-3-2-4-12-23)9-10-19(15)27-14-20(24)22-17-7-5-16(21)6-8-17/h5-10,13H,2-4,11-12,14H2,1H3,(H,22,24). The summed E-state index contributed by atoms with van der Waals surface area (Å²) in [5, 5.41) is 2.77. The van der Waals surface area contributed by atoms with Crippen LogP contribution in [0.4, 0.5) is 5.69 Å². The molecule has 3 rings (SSSR count). The normalized spacial score (nSPS) is 15.2. The molecule has 0 bridgehead atoms. The zero-order valence-electron chi connectivity index (χ0n) is 15.7. The molecule has 28 heavy (non-hydrogen) atoms. The van der Waals surface area contributed by atoms with Crippen molar-refractivity contribution in [3.05, 3.63) is 51.6 Å². The van der Waals surface area contributed by atoms with Gasteiger partial charge in [-0.15, -0.1) is 0 Å². The Bertz CT molecular complexity index is 939. The first-order valence-corrected chi connectivity index (χ1v) is 11.7. The van der Waals surface area contributed by atoms with Gasteiger partial charge in [-0.1, -0.05) is 6.42 Å². The van der Waals surface area contributed by atoms with Gasteiger partial charge in [0.15, 0.2) is 6.61 Å². The Labute approximate surface area is 179 Å². The van der Waals surface area contributed by atoms with Crippen LogP contribution in [-0.4, -0.2) is 38.3 Å². The third-order valence-corrected chi connectivity index (χ3v) is 7.20. The number of ether oxygens (including phenoxy) is 1. The highest BCUT2D eigenvalue weighted by Gasteiger charge is 2.26. The molecule has 1 saturated heterocycles. The van der Waals surface area contributed by atoms with Crippen molar-refractivity contribution >= 4 is 44.2 Å². The number of hydrogen-bond acceptors (Lipinski definition) is 4. The largest absolute Gasteiger partial charge is 0.483 e. The Morgan fingerprint density at radius 1 is 1.11 bits per heavy atom. The lowest BCUT2D eigenvalue weighted by Crippen LogP contribution is -2.35. The molecule has 1 amide bonds. The minimum Gasteiger partial charge on any atom is -0.483 e. The molecule has 0 atom stereocenters. The Morgan fingerprint density at radius 3 is 2.43 bits per heavy atom. The molecule has 0 spiro atoms. The first-order valence-electron chi connectivity index (χ1n) is 9.15. The predicted molar refractivity (Wildman–Crippen MR) is 117 cm³/mol. The van der Waals surface area contributed by atoms with Crippen molar-refractivity contribution in [1.82, 2.24) is 4.31 Å². The maximum absolute atomic E-state index is 12.8. The second-order valence-electron chi connectivity index (χ2n) is 6.74. The summed E-state index contributed by atoms with van der Waals surface area (Å²) in [6, 6.07) is 12.2. The SMILES string of the molecule is Cc1cc(S(=O)(=O)N2CCCCC2)ccc1OCC(=O)Nc1ccc(I)cc1. The molecule has 8 heteroatoms. The topological polar surface area (TPSA) is 75.7 Å². The number of amides is 1. The summed E-state index contributed by atoms with van der Waals surface area (Å²) in [6.07, 6.45) is 2.87. The average molecular weight is 514 g/mol. The highest BCUT2D eigenvalue weighted by molar-refractivity contribution is 14.1. The van der Waals surface area contributed by atoms with Gasteiger partial charge in [0.05, 0.1) is 4.90 Å². The van der Waals surface area contributed by atoms with Crippen LogP contribution in [0, 0.1) is 10.5 Å². The molecule has 0 unspecified atom stereocenters. The molecule has 2 aromatic rings. The zero-order chi connectivity index (χ0) is 20.1. The molecule has 1 aliphatic rings. The molecule has 1 heterocycles. The van der Waals surface area contributed by atoms with E-state index in [0.717, 1.165) is 22.8 Å². The molecule has 1 aliphatic heterocycles. The minimum absolute atomic E-state index is 0.148. The van der Waals surface area contributed by atoms with Gasteiger partial charge in [0.25, 0.3) is 5.91 Å². The van der Waals surface area contributed by atoms with Crippen LogP contribution in [-0.2, 0) is 14.8 Å². The summed E-state index contributed by atoms with van der Waals surface area (Å²) < 4.78 is 33.7. The number of sulfonamides is 1. The zero-order valence-corrected chi connectivity index (χ0v) is 18.6. The molecule has 2 aromatic carbocycles. The number of nitrogens with zero attached hydrogens (tertiary/aromatic N) is 1. The van der Waals surface area contributed by atoms with Crippen LogP contribution in [0.2, 0.25) is 0 Å². The Morgan fingerprint density at radius 2 is 1.79 bits per heavy atom. The van der Waals surface area contributed by atoms with Gasteiger partial charge in [0.2, 0.25) is 10.0 Å². The number of anilines is 1. The van der Waals surface area contributed by atoms with E-state index in [0.29, 0.717) is 30.1 Å². The number of carbonyl (C=O) groups excluding carboxylic acids is 1. The maximum Gasteiger partial charge on any atom is 0.262 e. The molecular formula is C20H23IN2O4S. The van der Waals surface area contributed by atoms with E-state index in [4.69, 9.17) is 4.74 Å². The lowest BCUT2D eigenvalue weighted by molar-refractivity contribution is -0.118. The predicted octanol–water partition coefficient (Wildman–Crippen LogP) is 3.79. The molecule has 0 aliphatic carbocycles. The number of halogens is 1. The fraction of sp³-hybridized carbons (Fsp3) is 0.350. The number of hydrogen-bond donors (Lipinski definition) is 1. The Hall–Kier alpha value is -1.65. The molecule has 0 radical (unpaired) electrons. The summed E-state index contributed by atoms with van der Waals surface area (Å²) in [5.74, 6) is 0.223. The molecule has 1 fully saturated rings. The number of carbonyl (C=O) groups is 1. The average Bonchev–Trinajstić information content (AvgIpc) is 2.69. The van der Waals surface area contributed by atoms with Crippen molar-refractivity contribution < 1.29 is 17.9 Å². The van der Waals surface area contributed by atoms with Gasteiger partial charge in [-0.25, -0.2) is 8.42 Å². The van der Waals surface area contributed by atoms with Crippen LogP contribution in [0.3, 0.4) is 0 Å². The third kappa shape index (κ3) is 5.24. The first-order chi connectivity index (χ1) is 13.4. The molecule has 6 nitrogen and oxygen atoms in total. The summed E-state index contributed by atoms with van der Waals surface area (Å²) in [6.45, 7) is 2.77.